The summed E-state index contributed by atoms with van der Waals surface area (Å²) in [6.07, 6.45) is 2.25. The number of primary amides is 1. The molecular weight excluding hydrogens is 350 g/mol. The van der Waals surface area contributed by atoms with Crippen molar-refractivity contribution in [2.45, 2.75) is 33.3 Å². The van der Waals surface area contributed by atoms with Crippen LogP contribution < -0.4 is 15.8 Å². The van der Waals surface area contributed by atoms with E-state index >= 15 is 0 Å². The number of anilines is 1. The van der Waals surface area contributed by atoms with Gasteiger partial charge in [0.1, 0.15) is 12.4 Å². The second-order valence-electron chi connectivity index (χ2n) is 8.05. The van der Waals surface area contributed by atoms with Crippen LogP contribution in [0.25, 0.3) is 0 Å². The minimum atomic E-state index is -0.583. The molecule has 1 heterocycles. The molecule has 2 aromatic rings. The molecule has 0 aromatic heterocycles. The van der Waals surface area contributed by atoms with Gasteiger partial charge in [-0.15, -0.1) is 0 Å². The van der Waals surface area contributed by atoms with Gasteiger partial charge in [0.05, 0.1) is 5.69 Å². The normalized spacial score (nSPS) is 19.9. The van der Waals surface area contributed by atoms with Crippen LogP contribution in [0.3, 0.4) is 0 Å². The average Bonchev–Trinajstić information content (AvgIpc) is 2.65. The van der Waals surface area contributed by atoms with Crippen LogP contribution >= 0.6 is 0 Å². The zero-order valence-electron chi connectivity index (χ0n) is 16.9. The molecule has 1 fully saturated rings. The fraction of sp³-hybridized carbons (Fsp3) is 0.435. The van der Waals surface area contributed by atoms with Gasteiger partial charge in [0.15, 0.2) is 0 Å². The molecule has 0 saturated carbocycles. The van der Waals surface area contributed by atoms with Gasteiger partial charge in [-0.05, 0) is 47.9 Å². The van der Waals surface area contributed by atoms with Crippen molar-refractivity contribution in [3.05, 3.63) is 59.7 Å². The first-order chi connectivity index (χ1) is 13.5. The Morgan fingerprint density at radius 1 is 1.11 bits per heavy atom. The fourth-order valence-electron chi connectivity index (χ4n) is 4.09. The van der Waals surface area contributed by atoms with E-state index in [4.69, 9.17) is 10.5 Å². The number of hydrogen-bond acceptors (Lipinski definition) is 3. The van der Waals surface area contributed by atoms with Crippen molar-refractivity contribution in [1.29, 1.82) is 0 Å². The predicted octanol–water partition coefficient (Wildman–Crippen LogP) is 4.28. The van der Waals surface area contributed by atoms with Crippen LogP contribution in [-0.2, 0) is 13.0 Å². The number of likely N-dealkylation sites (tertiary alicyclic amines) is 1. The summed E-state index contributed by atoms with van der Waals surface area (Å²) in [4.78, 5) is 14.0. The van der Waals surface area contributed by atoms with Gasteiger partial charge in [-0.1, -0.05) is 50.2 Å². The second-order valence-corrected chi connectivity index (χ2v) is 8.05. The molecule has 3 N–H and O–H groups in total. The first-order valence-electron chi connectivity index (χ1n) is 10.1. The van der Waals surface area contributed by atoms with Crippen molar-refractivity contribution < 1.29 is 9.53 Å². The first-order valence-corrected chi connectivity index (χ1v) is 10.1. The molecule has 2 unspecified atom stereocenters. The number of urea groups is 1. The van der Waals surface area contributed by atoms with Gasteiger partial charge in [-0.25, -0.2) is 4.79 Å². The molecular formula is C23H31N3O2. The average molecular weight is 382 g/mol. The van der Waals surface area contributed by atoms with Crippen molar-refractivity contribution in [2.24, 2.45) is 17.6 Å². The maximum atomic E-state index is 11.4. The SMILES string of the molecule is CC1CC(C)CN(CCc2ccc(OCc3ccccc3)c(NC(N)=O)c2)C1. The minimum absolute atomic E-state index is 0.442. The van der Waals surface area contributed by atoms with Gasteiger partial charge in [-0.2, -0.15) is 0 Å². The Labute approximate surface area is 167 Å². The molecule has 5 heteroatoms. The van der Waals surface area contributed by atoms with Gasteiger partial charge in [-0.3, -0.25) is 0 Å². The second kappa shape index (κ2) is 9.60. The summed E-state index contributed by atoms with van der Waals surface area (Å²) >= 11 is 0. The van der Waals surface area contributed by atoms with Crippen LogP contribution in [0.4, 0.5) is 10.5 Å². The van der Waals surface area contributed by atoms with Crippen molar-refractivity contribution >= 4 is 11.7 Å². The third-order valence-corrected chi connectivity index (χ3v) is 5.20. The lowest BCUT2D eigenvalue weighted by Crippen LogP contribution is -2.39. The molecule has 0 bridgehead atoms. The molecule has 2 atom stereocenters. The molecule has 0 radical (unpaired) electrons. The van der Waals surface area contributed by atoms with Gasteiger partial charge < -0.3 is 20.7 Å². The highest BCUT2D eigenvalue weighted by Gasteiger charge is 2.21. The number of nitrogens with one attached hydrogen (secondary N) is 1. The van der Waals surface area contributed by atoms with Crippen molar-refractivity contribution in [3.63, 3.8) is 0 Å². The maximum Gasteiger partial charge on any atom is 0.316 e. The molecule has 2 amide bonds. The van der Waals surface area contributed by atoms with E-state index in [1.165, 1.54) is 12.0 Å². The molecule has 1 aliphatic rings. The van der Waals surface area contributed by atoms with Crippen LogP contribution in [0.2, 0.25) is 0 Å². The topological polar surface area (TPSA) is 67.6 Å². The van der Waals surface area contributed by atoms with E-state index in [-0.39, 0.29) is 0 Å². The van der Waals surface area contributed by atoms with E-state index < -0.39 is 6.03 Å². The number of piperidine rings is 1. The van der Waals surface area contributed by atoms with E-state index in [0.29, 0.717) is 18.0 Å². The maximum absolute atomic E-state index is 11.4. The number of nitrogens with two attached hydrogens (primary N) is 1. The van der Waals surface area contributed by atoms with Crippen LogP contribution in [0.1, 0.15) is 31.4 Å². The number of nitrogens with zero attached hydrogens (tertiary/aromatic N) is 1. The molecule has 3 rings (SSSR count). The minimum Gasteiger partial charge on any atom is -0.487 e. The van der Waals surface area contributed by atoms with Crippen molar-refractivity contribution in [1.82, 2.24) is 4.90 Å². The van der Waals surface area contributed by atoms with E-state index in [2.05, 4.69) is 30.1 Å². The number of carbonyl (C=O) groups excluding carboxylic acids is 1. The Kier molecular flexibility index (Phi) is 6.93. The van der Waals surface area contributed by atoms with Crippen molar-refractivity contribution in [2.75, 3.05) is 25.0 Å². The van der Waals surface area contributed by atoms with E-state index in [9.17, 15) is 4.79 Å². The molecule has 5 nitrogen and oxygen atoms in total. The Morgan fingerprint density at radius 2 is 1.82 bits per heavy atom. The monoisotopic (exact) mass is 381 g/mol. The molecule has 28 heavy (non-hydrogen) atoms. The molecule has 2 aromatic carbocycles. The van der Waals surface area contributed by atoms with Crippen LogP contribution in [0.5, 0.6) is 5.75 Å². The summed E-state index contributed by atoms with van der Waals surface area (Å²) in [6.45, 7) is 8.45. The smallest absolute Gasteiger partial charge is 0.316 e. The molecule has 1 aliphatic heterocycles. The predicted molar refractivity (Wildman–Crippen MR) is 114 cm³/mol. The van der Waals surface area contributed by atoms with Crippen LogP contribution in [0, 0.1) is 11.8 Å². The third-order valence-electron chi connectivity index (χ3n) is 5.20. The number of amides is 2. The molecule has 0 aliphatic carbocycles. The lowest BCUT2D eigenvalue weighted by molar-refractivity contribution is 0.142. The number of benzene rings is 2. The zero-order valence-corrected chi connectivity index (χ0v) is 16.9. The highest BCUT2D eigenvalue weighted by molar-refractivity contribution is 5.89. The van der Waals surface area contributed by atoms with E-state index in [1.807, 2.05) is 42.5 Å². The first kappa shape index (κ1) is 20.2. The quantitative estimate of drug-likeness (QED) is 0.752. The highest BCUT2D eigenvalue weighted by Crippen LogP contribution is 2.28. The van der Waals surface area contributed by atoms with Crippen molar-refractivity contribution in [3.8, 4) is 5.75 Å². The number of hydrogen-bond donors (Lipinski definition) is 2. The highest BCUT2D eigenvalue weighted by atomic mass is 16.5. The molecule has 0 spiro atoms. The fourth-order valence-corrected chi connectivity index (χ4v) is 4.09. The lowest BCUT2D eigenvalue weighted by Gasteiger charge is -2.35. The number of carbonyl (C=O) groups is 1. The molecule has 150 valence electrons. The Balaban J connectivity index is 1.64. The van der Waals surface area contributed by atoms with Gasteiger partial charge >= 0.3 is 6.03 Å². The lowest BCUT2D eigenvalue weighted by atomic mass is 9.91. The molecule has 1 saturated heterocycles. The Morgan fingerprint density at radius 3 is 2.50 bits per heavy atom. The summed E-state index contributed by atoms with van der Waals surface area (Å²) in [6, 6.07) is 15.3. The van der Waals surface area contributed by atoms with Gasteiger partial charge in [0, 0.05) is 19.6 Å². The van der Waals surface area contributed by atoms with E-state index in [0.717, 1.165) is 43.5 Å². The summed E-state index contributed by atoms with van der Waals surface area (Å²) < 4.78 is 5.92. The summed E-state index contributed by atoms with van der Waals surface area (Å²) in [7, 11) is 0. The van der Waals surface area contributed by atoms with E-state index in [1.54, 1.807) is 0 Å². The van der Waals surface area contributed by atoms with Crippen LogP contribution in [-0.4, -0.2) is 30.6 Å². The number of rotatable bonds is 7. The Hall–Kier alpha value is -2.53. The Bertz CT molecular complexity index is 769. The summed E-state index contributed by atoms with van der Waals surface area (Å²) in [5.74, 6) is 2.14. The van der Waals surface area contributed by atoms with Crippen LogP contribution in [0.15, 0.2) is 48.5 Å². The largest absolute Gasteiger partial charge is 0.487 e. The summed E-state index contributed by atoms with van der Waals surface area (Å²) in [5, 5.41) is 2.70. The van der Waals surface area contributed by atoms with Gasteiger partial charge in [0.2, 0.25) is 0 Å². The standard InChI is InChI=1S/C23H31N3O2/c1-17-12-18(2)15-26(14-17)11-10-19-8-9-22(21(13-19)25-23(24)27)28-16-20-6-4-3-5-7-20/h3-9,13,17-18H,10-12,14-16H2,1-2H3,(H3,24,25,27). The third kappa shape index (κ3) is 5.99. The van der Waals surface area contributed by atoms with Gasteiger partial charge in [0.25, 0.3) is 0 Å². The number of ether oxygens (including phenoxy) is 1. The zero-order chi connectivity index (χ0) is 19.9. The summed E-state index contributed by atoms with van der Waals surface area (Å²) in [5.41, 5.74) is 8.23.